The van der Waals surface area contributed by atoms with E-state index in [4.69, 9.17) is 12.7 Å². The quantitative estimate of drug-likeness (QED) is 0.641. The molecule has 0 aliphatic heterocycles. The van der Waals surface area contributed by atoms with Crippen molar-refractivity contribution in [2.24, 2.45) is 0 Å². The summed E-state index contributed by atoms with van der Waals surface area (Å²) in [6, 6.07) is 0. The summed E-state index contributed by atoms with van der Waals surface area (Å²) in [6.07, 6.45) is 0. The molecule has 0 rings (SSSR count). The lowest BCUT2D eigenvalue weighted by atomic mass is 10.9. The van der Waals surface area contributed by atoms with Crippen molar-refractivity contribution in [1.29, 1.82) is 0 Å². The van der Waals surface area contributed by atoms with E-state index in [0.717, 1.165) is 0 Å². The number of hydrogen-bond donors (Lipinski definition) is 0. The van der Waals surface area contributed by atoms with Gasteiger partial charge in [0.1, 0.15) is 0 Å². The Hall–Kier alpha value is 0.0106. The predicted molar refractivity (Wildman–Crippen MR) is 80.8 cm³/mol. The van der Waals surface area contributed by atoms with Crippen LogP contribution in [0, 0.1) is 0 Å². The number of rotatable bonds is 8. The Labute approximate surface area is 109 Å². The van der Waals surface area contributed by atoms with E-state index in [2.05, 4.69) is 39.3 Å². The molecule has 0 aromatic rings. The lowest BCUT2D eigenvalue weighted by molar-refractivity contribution is 0.178. The van der Waals surface area contributed by atoms with Crippen molar-refractivity contribution in [3.63, 3.8) is 0 Å². The van der Waals surface area contributed by atoms with Gasteiger partial charge in [-0.1, -0.05) is 11.4 Å². The smallest absolute Gasteiger partial charge is 0.412 e. The maximum absolute atomic E-state index is 6.15. The Kier molecular flexibility index (Phi) is 6.26. The van der Waals surface area contributed by atoms with Gasteiger partial charge in [0, 0.05) is 13.2 Å². The first-order chi connectivity index (χ1) is 7.60. The van der Waals surface area contributed by atoms with Gasteiger partial charge < -0.3 is 12.7 Å². The highest BCUT2D eigenvalue weighted by Gasteiger charge is 2.43. The number of hydrogen-bond acceptors (Lipinski definition) is 3. The summed E-state index contributed by atoms with van der Waals surface area (Å²) in [7, 11) is -6.38. The van der Waals surface area contributed by atoms with Crippen LogP contribution in [0.1, 0.15) is 6.92 Å². The molecule has 17 heavy (non-hydrogen) atoms. The Balaban J connectivity index is 4.90. The maximum Gasteiger partial charge on any atom is 0.477 e. The second-order valence-electron chi connectivity index (χ2n) is 5.11. The van der Waals surface area contributed by atoms with Crippen LogP contribution in [0.4, 0.5) is 0 Å². The summed E-state index contributed by atoms with van der Waals surface area (Å²) in [5.41, 5.74) is 3.81. The first-order valence-corrected chi connectivity index (χ1v) is 14.1. The molecule has 100 valence electrons. The molecule has 0 heterocycles. The van der Waals surface area contributed by atoms with Gasteiger partial charge in [-0.05, 0) is 33.1 Å². The Morgan fingerprint density at radius 2 is 1.24 bits per heavy atom. The van der Waals surface area contributed by atoms with Gasteiger partial charge in [0.05, 0.1) is 0 Å². The molecule has 0 aliphatic rings. The third-order valence-corrected chi connectivity index (χ3v) is 12.2. The summed E-state index contributed by atoms with van der Waals surface area (Å²) in [5.74, 6) is 0. The van der Waals surface area contributed by atoms with Crippen LogP contribution in [0.3, 0.4) is 0 Å². The van der Waals surface area contributed by atoms with E-state index in [-0.39, 0.29) is 0 Å². The SMILES string of the molecule is C=C[Si](C)(C)O[Si](C)(OCC)O[Si](C)(C)C=C. The summed E-state index contributed by atoms with van der Waals surface area (Å²) in [5, 5.41) is 0. The van der Waals surface area contributed by atoms with Crippen molar-refractivity contribution < 1.29 is 12.7 Å². The monoisotopic (exact) mass is 290 g/mol. The molecule has 0 aromatic carbocycles. The maximum atomic E-state index is 6.15. The molecule has 6 heteroatoms. The van der Waals surface area contributed by atoms with Crippen molar-refractivity contribution >= 4 is 25.4 Å². The highest BCUT2D eigenvalue weighted by Crippen LogP contribution is 2.22. The highest BCUT2D eigenvalue weighted by molar-refractivity contribution is 6.89. The molecule has 0 spiro atoms. The summed E-state index contributed by atoms with van der Waals surface area (Å²) in [6.45, 7) is 20.6. The molecule has 0 aliphatic carbocycles. The lowest BCUT2D eigenvalue weighted by Gasteiger charge is -2.37. The molecule has 0 saturated carbocycles. The van der Waals surface area contributed by atoms with Crippen molar-refractivity contribution in [2.75, 3.05) is 6.61 Å². The van der Waals surface area contributed by atoms with Crippen LogP contribution in [-0.2, 0) is 12.7 Å². The molecular weight excluding hydrogens is 264 g/mol. The summed E-state index contributed by atoms with van der Waals surface area (Å²) >= 11 is 0. The largest absolute Gasteiger partial charge is 0.477 e. The second kappa shape index (κ2) is 6.26. The van der Waals surface area contributed by atoms with Crippen molar-refractivity contribution in [2.45, 2.75) is 39.7 Å². The van der Waals surface area contributed by atoms with Crippen LogP contribution in [-0.4, -0.2) is 32.0 Å². The predicted octanol–water partition coefficient (Wildman–Crippen LogP) is 3.49. The van der Waals surface area contributed by atoms with Crippen LogP contribution in [0.15, 0.2) is 24.6 Å². The minimum absolute atomic E-state index is 0.603. The Morgan fingerprint density at radius 1 is 0.882 bits per heavy atom. The zero-order chi connectivity index (χ0) is 13.7. The average molecular weight is 291 g/mol. The van der Waals surface area contributed by atoms with E-state index in [1.165, 1.54) is 0 Å². The van der Waals surface area contributed by atoms with Crippen LogP contribution in [0.5, 0.6) is 0 Å². The molecule has 0 saturated heterocycles. The summed E-state index contributed by atoms with van der Waals surface area (Å²) < 4.78 is 18.1. The first-order valence-electron chi connectivity index (χ1n) is 5.91. The van der Waals surface area contributed by atoms with E-state index in [1.807, 2.05) is 24.9 Å². The third-order valence-electron chi connectivity index (χ3n) is 2.29. The second-order valence-corrected chi connectivity index (χ2v) is 16.0. The van der Waals surface area contributed by atoms with Crippen molar-refractivity contribution in [1.82, 2.24) is 0 Å². The fourth-order valence-corrected chi connectivity index (χ4v) is 11.2. The van der Waals surface area contributed by atoms with Crippen LogP contribution >= 0.6 is 0 Å². The zero-order valence-corrected chi connectivity index (χ0v) is 15.0. The standard InChI is InChI=1S/C11H26O3Si3/c1-9-12-17(8,13-15(4,5)10-2)14-16(6,7)11-3/h10-11H,2-3,9H2,1,4-8H3. The molecular formula is C11H26O3Si3. The van der Waals surface area contributed by atoms with Gasteiger partial charge in [0.15, 0.2) is 0 Å². The van der Waals surface area contributed by atoms with Gasteiger partial charge in [-0.25, -0.2) is 0 Å². The minimum atomic E-state index is -2.58. The van der Waals surface area contributed by atoms with Gasteiger partial charge in [0.25, 0.3) is 0 Å². The molecule has 0 N–H and O–H groups in total. The highest BCUT2D eigenvalue weighted by atomic mass is 28.5. The molecule has 0 radical (unpaired) electrons. The topological polar surface area (TPSA) is 27.7 Å². The van der Waals surface area contributed by atoms with E-state index in [0.29, 0.717) is 6.61 Å². The fourth-order valence-electron chi connectivity index (χ4n) is 1.38. The van der Waals surface area contributed by atoms with Gasteiger partial charge in [0.2, 0.25) is 16.6 Å². The van der Waals surface area contributed by atoms with Crippen LogP contribution in [0.25, 0.3) is 0 Å². The van der Waals surface area contributed by atoms with E-state index < -0.39 is 25.4 Å². The first kappa shape index (κ1) is 17.0. The van der Waals surface area contributed by atoms with Gasteiger partial charge in [-0.3, -0.25) is 0 Å². The molecule has 3 nitrogen and oxygen atoms in total. The lowest BCUT2D eigenvalue weighted by Crippen LogP contribution is -2.55. The fraction of sp³-hybridized carbons (Fsp3) is 0.636. The van der Waals surface area contributed by atoms with E-state index in [9.17, 15) is 0 Å². The average Bonchev–Trinajstić information content (AvgIpc) is 2.16. The molecule has 0 aromatic heterocycles. The Bertz CT molecular complexity index is 255. The molecule has 0 unspecified atom stereocenters. The summed E-state index contributed by atoms with van der Waals surface area (Å²) in [4.78, 5) is 0. The normalized spacial score (nSPS) is 13.5. The van der Waals surface area contributed by atoms with Crippen molar-refractivity contribution in [3.8, 4) is 0 Å². The minimum Gasteiger partial charge on any atom is -0.412 e. The third kappa shape index (κ3) is 6.49. The van der Waals surface area contributed by atoms with Crippen LogP contribution < -0.4 is 0 Å². The van der Waals surface area contributed by atoms with Gasteiger partial charge >= 0.3 is 8.80 Å². The molecule has 0 fully saturated rings. The van der Waals surface area contributed by atoms with Gasteiger partial charge in [-0.2, -0.15) is 0 Å². The Morgan fingerprint density at radius 3 is 1.47 bits per heavy atom. The van der Waals surface area contributed by atoms with Crippen LogP contribution in [0.2, 0.25) is 32.7 Å². The molecule has 0 atom stereocenters. The van der Waals surface area contributed by atoms with Crippen molar-refractivity contribution in [3.05, 3.63) is 24.6 Å². The van der Waals surface area contributed by atoms with E-state index in [1.54, 1.807) is 0 Å². The molecule has 0 amide bonds. The van der Waals surface area contributed by atoms with Gasteiger partial charge in [-0.15, -0.1) is 13.2 Å². The van der Waals surface area contributed by atoms with E-state index >= 15 is 0 Å². The molecule has 0 bridgehead atoms. The zero-order valence-electron chi connectivity index (χ0n) is 12.0.